The molecule has 1 saturated carbocycles. The van der Waals surface area contributed by atoms with Crippen LogP contribution in [0.2, 0.25) is 0 Å². The molecule has 1 aromatic heterocycles. The Bertz CT molecular complexity index is 703. The molecule has 0 spiro atoms. The van der Waals surface area contributed by atoms with Gasteiger partial charge in [0.2, 0.25) is 0 Å². The molecule has 0 atom stereocenters. The lowest BCUT2D eigenvalue weighted by Crippen LogP contribution is -2.40. The summed E-state index contributed by atoms with van der Waals surface area (Å²) in [6.07, 6.45) is 3.73. The first-order valence-corrected chi connectivity index (χ1v) is 9.91. The molecule has 1 fully saturated rings. The van der Waals surface area contributed by atoms with Crippen LogP contribution in [0.1, 0.15) is 40.9 Å². The molecule has 6 heteroatoms. The number of nitrogens with one attached hydrogen (secondary N) is 2. The number of aryl methyl sites for hydroxylation is 2. The molecule has 4 nitrogen and oxygen atoms in total. The van der Waals surface area contributed by atoms with Crippen molar-refractivity contribution in [3.63, 3.8) is 0 Å². The number of thiazole rings is 1. The van der Waals surface area contributed by atoms with Crippen LogP contribution in [0, 0.1) is 19.3 Å². The zero-order valence-corrected chi connectivity index (χ0v) is 19.0. The van der Waals surface area contributed by atoms with Crippen LogP contribution in [0.4, 0.5) is 0 Å². The van der Waals surface area contributed by atoms with E-state index in [9.17, 15) is 0 Å². The molecule has 3 rings (SSSR count). The van der Waals surface area contributed by atoms with Gasteiger partial charge in [-0.1, -0.05) is 30.3 Å². The maximum Gasteiger partial charge on any atom is 0.191 e. The minimum Gasteiger partial charge on any atom is -0.357 e. The topological polar surface area (TPSA) is 49.3 Å². The molecule has 0 amide bonds. The van der Waals surface area contributed by atoms with Crippen molar-refractivity contribution in [2.75, 3.05) is 13.1 Å². The molecule has 0 radical (unpaired) electrons. The molecular weight excluding hydrogens is 455 g/mol. The second kappa shape index (κ2) is 9.69. The molecule has 0 saturated heterocycles. The van der Waals surface area contributed by atoms with E-state index in [2.05, 4.69) is 66.7 Å². The summed E-state index contributed by atoms with van der Waals surface area (Å²) in [4.78, 5) is 10.6. The van der Waals surface area contributed by atoms with Gasteiger partial charge in [0.15, 0.2) is 5.96 Å². The standard InChI is InChI=1S/C20H28N4S.HI/c1-4-21-19(22-13-18-24-15(2)16(3)25-18)23-14-20(10-11-20)12-17-8-6-5-7-9-17;/h5-9H,4,10-14H2,1-3H3,(H2,21,22,23);1H. The van der Waals surface area contributed by atoms with E-state index in [0.717, 1.165) is 36.2 Å². The Kier molecular flexibility index (Phi) is 7.88. The highest BCUT2D eigenvalue weighted by Crippen LogP contribution is 2.47. The summed E-state index contributed by atoms with van der Waals surface area (Å²) in [5.41, 5.74) is 2.94. The van der Waals surface area contributed by atoms with E-state index in [1.54, 1.807) is 11.3 Å². The summed E-state index contributed by atoms with van der Waals surface area (Å²) in [6.45, 7) is 8.76. The largest absolute Gasteiger partial charge is 0.357 e. The number of nitrogens with zero attached hydrogens (tertiary/aromatic N) is 2. The van der Waals surface area contributed by atoms with Crippen molar-refractivity contribution in [1.82, 2.24) is 15.6 Å². The molecule has 0 bridgehead atoms. The van der Waals surface area contributed by atoms with Gasteiger partial charge in [-0.2, -0.15) is 0 Å². The summed E-state index contributed by atoms with van der Waals surface area (Å²) < 4.78 is 0. The van der Waals surface area contributed by atoms with Crippen molar-refractivity contribution in [3.05, 3.63) is 51.5 Å². The Hall–Kier alpha value is -1.15. The molecule has 1 aliphatic rings. The molecule has 1 heterocycles. The maximum absolute atomic E-state index is 4.72. The number of hydrogen-bond donors (Lipinski definition) is 2. The molecule has 1 aliphatic carbocycles. The van der Waals surface area contributed by atoms with E-state index >= 15 is 0 Å². The van der Waals surface area contributed by atoms with Gasteiger partial charge < -0.3 is 10.6 Å². The molecule has 2 N–H and O–H groups in total. The monoisotopic (exact) mass is 484 g/mol. The highest BCUT2D eigenvalue weighted by molar-refractivity contribution is 14.0. The van der Waals surface area contributed by atoms with E-state index < -0.39 is 0 Å². The van der Waals surface area contributed by atoms with E-state index in [1.807, 2.05) is 0 Å². The summed E-state index contributed by atoms with van der Waals surface area (Å²) in [5.74, 6) is 0.896. The van der Waals surface area contributed by atoms with Crippen molar-refractivity contribution in [2.24, 2.45) is 10.4 Å². The van der Waals surface area contributed by atoms with Crippen LogP contribution >= 0.6 is 35.3 Å². The summed E-state index contributed by atoms with van der Waals surface area (Å²) in [6, 6.07) is 10.8. The van der Waals surface area contributed by atoms with Crippen LogP contribution in [0.15, 0.2) is 35.3 Å². The Labute approximate surface area is 177 Å². The summed E-state index contributed by atoms with van der Waals surface area (Å²) in [5, 5.41) is 7.99. The molecule has 0 aliphatic heterocycles. The van der Waals surface area contributed by atoms with Crippen LogP contribution in [0.25, 0.3) is 0 Å². The van der Waals surface area contributed by atoms with E-state index in [-0.39, 0.29) is 24.0 Å². The van der Waals surface area contributed by atoms with Crippen molar-refractivity contribution in [3.8, 4) is 0 Å². The first-order valence-electron chi connectivity index (χ1n) is 9.09. The van der Waals surface area contributed by atoms with E-state index in [1.165, 1.54) is 23.3 Å². The number of aliphatic imine (C=N–C) groups is 1. The molecule has 0 unspecified atom stereocenters. The molecule has 2 aromatic rings. The van der Waals surface area contributed by atoms with Crippen LogP contribution in [0.5, 0.6) is 0 Å². The minimum absolute atomic E-state index is 0. The fourth-order valence-electron chi connectivity index (χ4n) is 2.99. The van der Waals surface area contributed by atoms with Crippen molar-refractivity contribution < 1.29 is 0 Å². The van der Waals surface area contributed by atoms with Crippen LogP contribution in [-0.2, 0) is 13.0 Å². The van der Waals surface area contributed by atoms with Gasteiger partial charge in [-0.05, 0) is 51.0 Å². The van der Waals surface area contributed by atoms with Gasteiger partial charge in [0.05, 0.1) is 12.2 Å². The molecule has 26 heavy (non-hydrogen) atoms. The highest BCUT2D eigenvalue weighted by atomic mass is 127. The molecule has 1 aromatic carbocycles. The van der Waals surface area contributed by atoms with Gasteiger partial charge in [0.25, 0.3) is 0 Å². The van der Waals surface area contributed by atoms with Gasteiger partial charge in [0.1, 0.15) is 5.01 Å². The average Bonchev–Trinajstić information content (AvgIpc) is 3.29. The Morgan fingerprint density at radius 1 is 1.19 bits per heavy atom. The minimum atomic E-state index is 0. The number of benzene rings is 1. The van der Waals surface area contributed by atoms with Gasteiger partial charge in [-0.15, -0.1) is 35.3 Å². The highest BCUT2D eigenvalue weighted by Gasteiger charge is 2.42. The second-order valence-corrected chi connectivity index (χ2v) is 8.25. The Morgan fingerprint density at radius 3 is 2.50 bits per heavy atom. The zero-order valence-electron chi connectivity index (χ0n) is 15.8. The van der Waals surface area contributed by atoms with Crippen LogP contribution in [-0.4, -0.2) is 24.0 Å². The van der Waals surface area contributed by atoms with E-state index in [4.69, 9.17) is 4.99 Å². The SMILES string of the molecule is CCNC(=NCc1nc(C)c(C)s1)NCC1(Cc2ccccc2)CC1.I. The first kappa shape index (κ1) is 21.2. The number of aromatic nitrogens is 1. The first-order chi connectivity index (χ1) is 12.1. The maximum atomic E-state index is 4.72. The zero-order chi connectivity index (χ0) is 17.7. The van der Waals surface area contributed by atoms with Gasteiger partial charge >= 0.3 is 0 Å². The Balaban J connectivity index is 0.00000243. The lowest BCUT2D eigenvalue weighted by atomic mass is 9.96. The number of hydrogen-bond acceptors (Lipinski definition) is 3. The lowest BCUT2D eigenvalue weighted by molar-refractivity contribution is 0.492. The van der Waals surface area contributed by atoms with Crippen LogP contribution in [0.3, 0.4) is 0 Å². The van der Waals surface area contributed by atoms with Gasteiger partial charge in [-0.3, -0.25) is 0 Å². The third kappa shape index (κ3) is 5.94. The fraction of sp³-hybridized carbons (Fsp3) is 0.500. The van der Waals surface area contributed by atoms with Crippen molar-refractivity contribution >= 4 is 41.3 Å². The van der Waals surface area contributed by atoms with E-state index in [0.29, 0.717) is 12.0 Å². The number of rotatable bonds is 7. The fourth-order valence-corrected chi connectivity index (χ4v) is 3.85. The third-order valence-electron chi connectivity index (χ3n) is 4.80. The van der Waals surface area contributed by atoms with Crippen molar-refractivity contribution in [1.29, 1.82) is 0 Å². The predicted molar refractivity (Wildman–Crippen MR) is 122 cm³/mol. The summed E-state index contributed by atoms with van der Waals surface area (Å²) >= 11 is 1.74. The van der Waals surface area contributed by atoms with Gasteiger partial charge in [0, 0.05) is 18.0 Å². The number of guanidine groups is 1. The van der Waals surface area contributed by atoms with Crippen molar-refractivity contribution in [2.45, 2.75) is 46.6 Å². The average molecular weight is 484 g/mol. The Morgan fingerprint density at radius 2 is 1.92 bits per heavy atom. The molecular formula is C20H29IN4S. The lowest BCUT2D eigenvalue weighted by Gasteiger charge is -2.18. The summed E-state index contributed by atoms with van der Waals surface area (Å²) in [7, 11) is 0. The third-order valence-corrected chi connectivity index (χ3v) is 5.86. The second-order valence-electron chi connectivity index (χ2n) is 6.96. The normalized spacial score (nSPS) is 15.3. The smallest absolute Gasteiger partial charge is 0.191 e. The van der Waals surface area contributed by atoms with Gasteiger partial charge in [-0.25, -0.2) is 9.98 Å². The predicted octanol–water partition coefficient (Wildman–Crippen LogP) is 4.46. The number of halogens is 1. The quantitative estimate of drug-likeness (QED) is 0.347. The van der Waals surface area contributed by atoms with Crippen LogP contribution < -0.4 is 10.6 Å². The molecule has 142 valence electrons.